The van der Waals surface area contributed by atoms with Crippen molar-refractivity contribution in [3.8, 4) is 11.5 Å². The van der Waals surface area contributed by atoms with Crippen LogP contribution >= 0.6 is 0 Å². The minimum Gasteiger partial charge on any atom is -0.497 e. The fourth-order valence-corrected chi connectivity index (χ4v) is 1.43. The first-order valence-corrected chi connectivity index (χ1v) is 5.40. The summed E-state index contributed by atoms with van der Waals surface area (Å²) in [6.45, 7) is -3.01. The highest BCUT2D eigenvalue weighted by molar-refractivity contribution is 6.03. The van der Waals surface area contributed by atoms with Crippen molar-refractivity contribution in [1.29, 1.82) is 0 Å². The molecule has 7 nitrogen and oxygen atoms in total. The largest absolute Gasteiger partial charge is 0.497 e. The van der Waals surface area contributed by atoms with Gasteiger partial charge in [-0.05, 0) is 12.1 Å². The van der Waals surface area contributed by atoms with Crippen molar-refractivity contribution in [2.75, 3.05) is 12.4 Å². The molecule has 0 spiro atoms. The number of aromatic amines is 1. The Bertz CT molecular complexity index is 589. The molecule has 0 atom stereocenters. The molecule has 1 aromatic heterocycles. The van der Waals surface area contributed by atoms with Crippen LogP contribution in [0.15, 0.2) is 24.4 Å². The number of nitrogens with zero attached hydrogens (tertiary/aromatic N) is 2. The lowest BCUT2D eigenvalue weighted by atomic mass is 10.2. The van der Waals surface area contributed by atoms with E-state index in [1.54, 1.807) is 0 Å². The fourth-order valence-electron chi connectivity index (χ4n) is 1.43. The summed E-state index contributed by atoms with van der Waals surface area (Å²) in [5, 5.41) is 11.7. The van der Waals surface area contributed by atoms with Gasteiger partial charge in [0.1, 0.15) is 11.5 Å². The predicted octanol–water partition coefficient (Wildman–Crippen LogP) is 1.67. The second-order valence-corrected chi connectivity index (χ2v) is 3.55. The number of halogens is 2. The maximum Gasteiger partial charge on any atom is 0.387 e. The van der Waals surface area contributed by atoms with Gasteiger partial charge in [-0.15, -0.1) is 0 Å². The van der Waals surface area contributed by atoms with Crippen LogP contribution in [0.3, 0.4) is 0 Å². The van der Waals surface area contributed by atoms with Crippen molar-refractivity contribution in [3.63, 3.8) is 0 Å². The molecule has 0 bridgehead atoms. The zero-order chi connectivity index (χ0) is 14.5. The average molecular weight is 284 g/mol. The first-order chi connectivity index (χ1) is 9.60. The normalized spacial score (nSPS) is 10.4. The number of benzene rings is 1. The van der Waals surface area contributed by atoms with Crippen LogP contribution in [0.5, 0.6) is 11.5 Å². The van der Waals surface area contributed by atoms with Crippen molar-refractivity contribution in [2.24, 2.45) is 0 Å². The Morgan fingerprint density at radius 1 is 1.45 bits per heavy atom. The Balaban J connectivity index is 2.25. The number of ether oxygens (including phenoxy) is 2. The molecule has 0 saturated heterocycles. The summed E-state index contributed by atoms with van der Waals surface area (Å²) in [5.74, 6) is -0.425. The molecule has 0 radical (unpaired) electrons. The maximum absolute atomic E-state index is 12.3. The van der Waals surface area contributed by atoms with Crippen LogP contribution in [0.4, 0.5) is 14.5 Å². The summed E-state index contributed by atoms with van der Waals surface area (Å²) >= 11 is 0. The van der Waals surface area contributed by atoms with Gasteiger partial charge in [0.15, 0.2) is 5.69 Å². The lowest BCUT2D eigenvalue weighted by Crippen LogP contribution is -2.14. The van der Waals surface area contributed by atoms with E-state index >= 15 is 0 Å². The van der Waals surface area contributed by atoms with Gasteiger partial charge in [0, 0.05) is 6.07 Å². The van der Waals surface area contributed by atoms with E-state index < -0.39 is 12.5 Å². The van der Waals surface area contributed by atoms with Gasteiger partial charge in [0.05, 0.1) is 19.0 Å². The molecule has 1 amide bonds. The third-order valence-electron chi connectivity index (χ3n) is 2.30. The van der Waals surface area contributed by atoms with Gasteiger partial charge in [-0.3, -0.25) is 4.79 Å². The van der Waals surface area contributed by atoms with Crippen LogP contribution in [-0.2, 0) is 0 Å². The number of rotatable bonds is 5. The molecule has 2 N–H and O–H groups in total. The van der Waals surface area contributed by atoms with Crippen LogP contribution in [0.2, 0.25) is 0 Å². The van der Waals surface area contributed by atoms with E-state index in [0.717, 1.165) is 0 Å². The van der Waals surface area contributed by atoms with E-state index in [9.17, 15) is 13.6 Å². The zero-order valence-electron chi connectivity index (χ0n) is 10.3. The minimum absolute atomic E-state index is 0.0100. The van der Waals surface area contributed by atoms with Crippen molar-refractivity contribution in [3.05, 3.63) is 30.1 Å². The number of H-pyrrole nitrogens is 1. The minimum atomic E-state index is -3.01. The first-order valence-electron chi connectivity index (χ1n) is 5.40. The van der Waals surface area contributed by atoms with Crippen LogP contribution in [-0.4, -0.2) is 35.0 Å². The van der Waals surface area contributed by atoms with Crippen molar-refractivity contribution in [1.82, 2.24) is 15.4 Å². The predicted molar refractivity (Wildman–Crippen MR) is 64.0 cm³/mol. The number of anilines is 1. The molecule has 0 saturated carbocycles. The number of carbonyl (C=O) groups excluding carboxylic acids is 1. The maximum atomic E-state index is 12.3. The number of carbonyl (C=O) groups is 1. The smallest absolute Gasteiger partial charge is 0.387 e. The van der Waals surface area contributed by atoms with Crippen molar-refractivity contribution >= 4 is 11.6 Å². The van der Waals surface area contributed by atoms with Crippen LogP contribution in [0.25, 0.3) is 0 Å². The van der Waals surface area contributed by atoms with Crippen LogP contribution in [0, 0.1) is 0 Å². The number of hydrogen-bond acceptors (Lipinski definition) is 5. The summed E-state index contributed by atoms with van der Waals surface area (Å²) in [4.78, 5) is 11.8. The first kappa shape index (κ1) is 13.7. The molecule has 0 aliphatic heterocycles. The summed E-state index contributed by atoms with van der Waals surface area (Å²) in [5.41, 5.74) is 0.0495. The van der Waals surface area contributed by atoms with Crippen LogP contribution in [0.1, 0.15) is 10.5 Å². The van der Waals surface area contributed by atoms with Gasteiger partial charge < -0.3 is 14.8 Å². The Labute approximate surface area is 111 Å². The summed E-state index contributed by atoms with van der Waals surface area (Å²) in [6.07, 6.45) is 1.20. The molecule has 106 valence electrons. The summed E-state index contributed by atoms with van der Waals surface area (Å²) in [6, 6.07) is 4.06. The number of amides is 1. The molecular formula is C11H10F2N4O3. The van der Waals surface area contributed by atoms with Gasteiger partial charge in [-0.2, -0.15) is 24.2 Å². The Kier molecular flexibility index (Phi) is 4.08. The molecule has 1 aromatic carbocycles. The number of aromatic nitrogens is 3. The van der Waals surface area contributed by atoms with Gasteiger partial charge in [-0.1, -0.05) is 0 Å². The molecule has 0 unspecified atom stereocenters. The van der Waals surface area contributed by atoms with Gasteiger partial charge in [-0.25, -0.2) is 0 Å². The van der Waals surface area contributed by atoms with E-state index in [2.05, 4.69) is 25.5 Å². The second-order valence-electron chi connectivity index (χ2n) is 3.55. The molecule has 1 heterocycles. The molecule has 0 aliphatic rings. The highest BCUT2D eigenvalue weighted by Gasteiger charge is 2.15. The molecule has 2 aromatic rings. The zero-order valence-corrected chi connectivity index (χ0v) is 10.3. The number of hydrogen-bond donors (Lipinski definition) is 2. The topological polar surface area (TPSA) is 89.1 Å². The number of nitrogens with one attached hydrogen (secondary N) is 2. The molecule has 9 heteroatoms. The Morgan fingerprint density at radius 2 is 2.25 bits per heavy atom. The summed E-state index contributed by atoms with van der Waals surface area (Å²) in [7, 11) is 1.41. The third kappa shape index (κ3) is 3.19. The Hall–Kier alpha value is -2.71. The van der Waals surface area contributed by atoms with E-state index in [-0.39, 0.29) is 17.1 Å². The van der Waals surface area contributed by atoms with E-state index in [1.165, 1.54) is 31.5 Å². The fraction of sp³-hybridized carbons (Fsp3) is 0.182. The Morgan fingerprint density at radius 3 is 2.85 bits per heavy atom. The van der Waals surface area contributed by atoms with Crippen LogP contribution < -0.4 is 14.8 Å². The highest BCUT2D eigenvalue weighted by atomic mass is 19.3. The van der Waals surface area contributed by atoms with E-state index in [1.807, 2.05) is 0 Å². The quantitative estimate of drug-likeness (QED) is 0.871. The second kappa shape index (κ2) is 5.95. The molecule has 20 heavy (non-hydrogen) atoms. The lowest BCUT2D eigenvalue weighted by Gasteiger charge is -2.12. The average Bonchev–Trinajstić information content (AvgIpc) is 2.94. The van der Waals surface area contributed by atoms with Crippen molar-refractivity contribution < 1.29 is 23.0 Å². The summed E-state index contributed by atoms with van der Waals surface area (Å²) < 4.78 is 33.9. The number of alkyl halides is 2. The number of methoxy groups -OCH3 is 1. The molecule has 0 fully saturated rings. The SMILES string of the molecule is COc1ccc(OC(F)F)c(NC(=O)c2cn[nH]n2)c1. The lowest BCUT2D eigenvalue weighted by molar-refractivity contribution is -0.0494. The monoisotopic (exact) mass is 284 g/mol. The molecular weight excluding hydrogens is 274 g/mol. The molecule has 0 aliphatic carbocycles. The third-order valence-corrected chi connectivity index (χ3v) is 2.30. The van der Waals surface area contributed by atoms with E-state index in [4.69, 9.17) is 4.74 Å². The van der Waals surface area contributed by atoms with Gasteiger partial charge in [0.25, 0.3) is 5.91 Å². The van der Waals surface area contributed by atoms with Gasteiger partial charge >= 0.3 is 6.61 Å². The standard InChI is InChI=1S/C11H10F2N4O3/c1-19-6-2-3-9(20-11(12)13)7(4-6)15-10(18)8-5-14-17-16-8/h2-5,11H,1H3,(H,15,18)(H,14,16,17). The van der Waals surface area contributed by atoms with Crippen molar-refractivity contribution in [2.45, 2.75) is 6.61 Å². The van der Waals surface area contributed by atoms with Gasteiger partial charge in [0.2, 0.25) is 0 Å². The van der Waals surface area contributed by atoms with E-state index in [0.29, 0.717) is 5.75 Å². The molecule has 2 rings (SSSR count). The highest BCUT2D eigenvalue weighted by Crippen LogP contribution is 2.30.